The van der Waals surface area contributed by atoms with Crippen LogP contribution in [0, 0.1) is 27.3 Å². The second-order valence-electron chi connectivity index (χ2n) is 3.75. The standard InChI is InChI=1S/C10H8FN3O3/c11-8-1-6(3-12)9(2-10(8)14(16)17)13-4-7(15)5-13/h1-2,7,15H,4-5H2. The SMILES string of the molecule is N#Cc1cc(F)c([N+](=O)[O-])cc1N1CC(O)C1. The Morgan fingerprint density at radius 3 is 2.71 bits per heavy atom. The monoisotopic (exact) mass is 237 g/mol. The quantitative estimate of drug-likeness (QED) is 0.606. The minimum absolute atomic E-state index is 0.0278. The highest BCUT2D eigenvalue weighted by Gasteiger charge is 2.29. The predicted molar refractivity (Wildman–Crippen MR) is 56.0 cm³/mol. The highest BCUT2D eigenvalue weighted by atomic mass is 19.1. The lowest BCUT2D eigenvalue weighted by molar-refractivity contribution is -0.387. The number of aliphatic hydroxyl groups is 1. The Morgan fingerprint density at radius 1 is 1.59 bits per heavy atom. The number of hydrogen-bond donors (Lipinski definition) is 1. The average Bonchev–Trinajstić information content (AvgIpc) is 2.24. The summed E-state index contributed by atoms with van der Waals surface area (Å²) in [5.41, 5.74) is -0.355. The summed E-state index contributed by atoms with van der Waals surface area (Å²) in [4.78, 5) is 11.3. The highest BCUT2D eigenvalue weighted by molar-refractivity contribution is 5.65. The Kier molecular flexibility index (Phi) is 2.65. The molecule has 0 bridgehead atoms. The first-order valence-electron chi connectivity index (χ1n) is 4.84. The first-order valence-corrected chi connectivity index (χ1v) is 4.84. The molecule has 1 heterocycles. The van der Waals surface area contributed by atoms with E-state index >= 15 is 0 Å². The molecule has 1 N–H and O–H groups in total. The van der Waals surface area contributed by atoms with E-state index in [-0.39, 0.29) is 24.3 Å². The molecule has 7 heteroatoms. The van der Waals surface area contributed by atoms with Gasteiger partial charge in [-0.3, -0.25) is 10.1 Å². The van der Waals surface area contributed by atoms with Crippen LogP contribution in [0.25, 0.3) is 0 Å². The van der Waals surface area contributed by atoms with Gasteiger partial charge in [0.25, 0.3) is 0 Å². The minimum atomic E-state index is -1.03. The maximum Gasteiger partial charge on any atom is 0.306 e. The fraction of sp³-hybridized carbons (Fsp3) is 0.300. The number of nitriles is 1. The number of aliphatic hydroxyl groups excluding tert-OH is 1. The minimum Gasteiger partial charge on any atom is -0.389 e. The summed E-state index contributed by atoms with van der Waals surface area (Å²) in [6.45, 7) is 0.578. The van der Waals surface area contributed by atoms with E-state index in [1.807, 2.05) is 0 Å². The van der Waals surface area contributed by atoms with E-state index in [0.717, 1.165) is 12.1 Å². The number of nitro groups is 1. The zero-order valence-electron chi connectivity index (χ0n) is 8.63. The third-order valence-corrected chi connectivity index (χ3v) is 2.59. The summed E-state index contributed by atoms with van der Waals surface area (Å²) < 4.78 is 13.3. The van der Waals surface area contributed by atoms with Gasteiger partial charge in [0.15, 0.2) is 0 Å². The molecule has 0 spiro atoms. The number of benzene rings is 1. The van der Waals surface area contributed by atoms with Crippen LogP contribution in [-0.4, -0.2) is 29.2 Å². The second-order valence-corrected chi connectivity index (χ2v) is 3.75. The van der Waals surface area contributed by atoms with Crippen molar-refractivity contribution in [2.45, 2.75) is 6.10 Å². The Bertz CT molecular complexity index is 520. The van der Waals surface area contributed by atoms with Gasteiger partial charge in [-0.2, -0.15) is 9.65 Å². The van der Waals surface area contributed by atoms with Crippen LogP contribution in [0.4, 0.5) is 15.8 Å². The van der Waals surface area contributed by atoms with Crippen molar-refractivity contribution in [3.63, 3.8) is 0 Å². The van der Waals surface area contributed by atoms with Gasteiger partial charge in [0, 0.05) is 25.2 Å². The third kappa shape index (κ3) is 1.90. The molecule has 88 valence electrons. The average molecular weight is 237 g/mol. The molecular formula is C10H8FN3O3. The van der Waals surface area contributed by atoms with Crippen molar-refractivity contribution in [1.29, 1.82) is 5.26 Å². The molecule has 1 saturated heterocycles. The van der Waals surface area contributed by atoms with Gasteiger partial charge < -0.3 is 10.0 Å². The lowest BCUT2D eigenvalue weighted by Gasteiger charge is -2.38. The van der Waals surface area contributed by atoms with E-state index in [9.17, 15) is 14.5 Å². The van der Waals surface area contributed by atoms with Crippen LogP contribution >= 0.6 is 0 Å². The number of rotatable bonds is 2. The normalized spacial score (nSPS) is 15.2. The maximum absolute atomic E-state index is 13.3. The first kappa shape index (κ1) is 11.3. The van der Waals surface area contributed by atoms with Gasteiger partial charge in [0.05, 0.1) is 22.3 Å². The summed E-state index contributed by atoms with van der Waals surface area (Å²) in [6.07, 6.45) is -0.509. The fourth-order valence-electron chi connectivity index (χ4n) is 1.69. The molecule has 0 atom stereocenters. The molecule has 1 aromatic carbocycles. The van der Waals surface area contributed by atoms with Gasteiger partial charge in [0.2, 0.25) is 5.82 Å². The predicted octanol–water partition coefficient (Wildman–Crippen LogP) is 0.786. The second kappa shape index (κ2) is 3.99. The van der Waals surface area contributed by atoms with Crippen molar-refractivity contribution in [1.82, 2.24) is 0 Å². The molecule has 2 rings (SSSR count). The number of anilines is 1. The number of β-amino-alcohol motifs (C(OH)–C–C–N with tert-alkyl or cyclic N) is 1. The Balaban J connectivity index is 2.46. The molecule has 1 aromatic rings. The van der Waals surface area contributed by atoms with Crippen LogP contribution in [0.2, 0.25) is 0 Å². The Labute approximate surface area is 95.7 Å². The molecule has 17 heavy (non-hydrogen) atoms. The molecule has 1 fully saturated rings. The van der Waals surface area contributed by atoms with Gasteiger partial charge in [-0.05, 0) is 0 Å². The molecule has 0 radical (unpaired) electrons. The van der Waals surface area contributed by atoms with E-state index in [4.69, 9.17) is 10.4 Å². The molecule has 0 unspecified atom stereocenters. The van der Waals surface area contributed by atoms with E-state index in [0.29, 0.717) is 0 Å². The fourth-order valence-corrected chi connectivity index (χ4v) is 1.69. The summed E-state index contributed by atoms with van der Waals surface area (Å²) >= 11 is 0. The Morgan fingerprint density at radius 2 is 2.24 bits per heavy atom. The van der Waals surface area contributed by atoms with Crippen molar-refractivity contribution in [3.8, 4) is 6.07 Å². The van der Waals surface area contributed by atoms with Crippen LogP contribution in [0.1, 0.15) is 5.56 Å². The van der Waals surface area contributed by atoms with Crippen LogP contribution < -0.4 is 4.90 Å². The first-order chi connectivity index (χ1) is 8.02. The highest BCUT2D eigenvalue weighted by Crippen LogP contribution is 2.31. The van der Waals surface area contributed by atoms with Gasteiger partial charge in [-0.15, -0.1) is 0 Å². The lowest BCUT2D eigenvalue weighted by Crippen LogP contribution is -2.51. The van der Waals surface area contributed by atoms with E-state index in [1.54, 1.807) is 11.0 Å². The molecule has 1 aliphatic heterocycles. The molecule has 0 saturated carbocycles. The summed E-state index contributed by atoms with van der Waals surface area (Å²) in [5.74, 6) is -1.03. The van der Waals surface area contributed by atoms with E-state index in [2.05, 4.69) is 0 Å². The van der Waals surface area contributed by atoms with Crippen LogP contribution in [-0.2, 0) is 0 Å². The number of hydrogen-bond acceptors (Lipinski definition) is 5. The third-order valence-electron chi connectivity index (χ3n) is 2.59. The Hall–Kier alpha value is -2.20. The largest absolute Gasteiger partial charge is 0.389 e. The van der Waals surface area contributed by atoms with Crippen LogP contribution in [0.3, 0.4) is 0 Å². The van der Waals surface area contributed by atoms with Crippen molar-refractivity contribution < 1.29 is 14.4 Å². The van der Waals surface area contributed by atoms with Gasteiger partial charge in [-0.1, -0.05) is 0 Å². The van der Waals surface area contributed by atoms with Crippen molar-refractivity contribution >= 4 is 11.4 Å². The lowest BCUT2D eigenvalue weighted by atomic mass is 10.1. The summed E-state index contributed by atoms with van der Waals surface area (Å²) in [5, 5.41) is 28.6. The number of nitrogens with zero attached hydrogens (tertiary/aromatic N) is 3. The maximum atomic E-state index is 13.3. The van der Waals surface area contributed by atoms with Crippen LogP contribution in [0.15, 0.2) is 12.1 Å². The van der Waals surface area contributed by atoms with Crippen molar-refractivity contribution in [2.75, 3.05) is 18.0 Å². The molecule has 1 aliphatic rings. The van der Waals surface area contributed by atoms with Crippen molar-refractivity contribution in [3.05, 3.63) is 33.6 Å². The van der Waals surface area contributed by atoms with Crippen molar-refractivity contribution in [2.24, 2.45) is 0 Å². The van der Waals surface area contributed by atoms with Gasteiger partial charge >= 0.3 is 5.69 Å². The molecule has 0 aliphatic carbocycles. The van der Waals surface area contributed by atoms with Gasteiger partial charge in [-0.25, -0.2) is 0 Å². The number of halogens is 1. The summed E-state index contributed by atoms with van der Waals surface area (Å²) in [6, 6.07) is 3.65. The van der Waals surface area contributed by atoms with E-state index < -0.39 is 22.5 Å². The van der Waals surface area contributed by atoms with Gasteiger partial charge in [0.1, 0.15) is 6.07 Å². The number of nitro benzene ring substituents is 1. The molecular weight excluding hydrogens is 229 g/mol. The smallest absolute Gasteiger partial charge is 0.306 e. The molecule has 6 nitrogen and oxygen atoms in total. The zero-order chi connectivity index (χ0) is 12.6. The zero-order valence-corrected chi connectivity index (χ0v) is 8.63. The topological polar surface area (TPSA) is 90.4 Å². The molecule has 0 amide bonds. The molecule has 0 aromatic heterocycles. The van der Waals surface area contributed by atoms with E-state index in [1.165, 1.54) is 0 Å². The van der Waals surface area contributed by atoms with Crippen LogP contribution in [0.5, 0.6) is 0 Å². The summed E-state index contributed by atoms with van der Waals surface area (Å²) in [7, 11) is 0.